The summed E-state index contributed by atoms with van der Waals surface area (Å²) in [4.78, 5) is 25.6. The van der Waals surface area contributed by atoms with E-state index in [1.807, 2.05) is 25.1 Å². The molecule has 0 aliphatic rings. The summed E-state index contributed by atoms with van der Waals surface area (Å²) in [7, 11) is 3.94. The quantitative estimate of drug-likeness (QED) is 0.391. The molecule has 0 saturated heterocycles. The summed E-state index contributed by atoms with van der Waals surface area (Å²) in [5.74, 6) is -0.660. The Morgan fingerprint density at radius 3 is 2.56 bits per heavy atom. The maximum Gasteiger partial charge on any atom is 0.442 e. The zero-order chi connectivity index (χ0) is 19.4. The maximum atomic E-state index is 12.6. The van der Waals surface area contributed by atoms with Gasteiger partial charge in [0.1, 0.15) is 10.5 Å². The van der Waals surface area contributed by atoms with E-state index in [0.29, 0.717) is 28.6 Å². The number of fused-ring (bicyclic) bond motifs is 1. The van der Waals surface area contributed by atoms with Crippen LogP contribution in [0, 0.1) is 10.1 Å². The molecule has 3 rings (SSSR count). The van der Waals surface area contributed by atoms with Crippen molar-refractivity contribution in [2.24, 2.45) is 0 Å². The number of furan rings is 1. The van der Waals surface area contributed by atoms with Crippen LogP contribution in [0.3, 0.4) is 0 Å². The second kappa shape index (κ2) is 8.01. The molecular formula is C20H21N3O4. The van der Waals surface area contributed by atoms with Crippen molar-refractivity contribution in [3.63, 3.8) is 0 Å². The zero-order valence-electron chi connectivity index (χ0n) is 15.3. The van der Waals surface area contributed by atoms with Crippen molar-refractivity contribution in [2.45, 2.75) is 6.42 Å². The van der Waals surface area contributed by atoms with E-state index in [-0.39, 0.29) is 17.4 Å². The van der Waals surface area contributed by atoms with Crippen LogP contribution in [0.4, 0.5) is 5.88 Å². The fourth-order valence-electron chi connectivity index (χ4n) is 2.99. The fraction of sp³-hybridized carbons (Fsp3) is 0.250. The number of carbonyl (C=O) groups is 1. The molecule has 0 unspecified atom stereocenters. The van der Waals surface area contributed by atoms with Gasteiger partial charge in [0.2, 0.25) is 0 Å². The highest BCUT2D eigenvalue weighted by molar-refractivity contribution is 6.10. The molecule has 27 heavy (non-hydrogen) atoms. The molecule has 1 N–H and O–H groups in total. The van der Waals surface area contributed by atoms with Gasteiger partial charge in [0.25, 0.3) is 5.91 Å². The second-order valence-electron chi connectivity index (χ2n) is 6.50. The predicted molar refractivity (Wildman–Crippen MR) is 104 cm³/mol. The Balaban J connectivity index is 1.99. The van der Waals surface area contributed by atoms with Crippen molar-refractivity contribution in [1.29, 1.82) is 0 Å². The zero-order valence-corrected chi connectivity index (χ0v) is 15.3. The molecule has 1 aromatic heterocycles. The number of nitrogens with one attached hydrogen (secondary N) is 1. The standard InChI is InChI=1S/C20H21N3O4/c1-22(2)13-7-12-21-19(24)16-11-6-10-15-17(14-8-4-3-5-9-14)20(23(25)26)27-18(15)16/h3-6,8-11H,7,12-13H2,1-2H3,(H,21,24). The Labute approximate surface area is 156 Å². The van der Waals surface area contributed by atoms with Crippen LogP contribution in [-0.2, 0) is 0 Å². The van der Waals surface area contributed by atoms with Crippen molar-refractivity contribution >= 4 is 22.8 Å². The molecule has 0 saturated carbocycles. The number of nitro groups is 1. The van der Waals surface area contributed by atoms with Crippen LogP contribution in [0.5, 0.6) is 0 Å². The highest BCUT2D eigenvalue weighted by Crippen LogP contribution is 2.40. The van der Waals surface area contributed by atoms with Crippen molar-refractivity contribution in [3.05, 3.63) is 64.2 Å². The van der Waals surface area contributed by atoms with Crippen molar-refractivity contribution in [1.82, 2.24) is 10.2 Å². The number of hydrogen-bond donors (Lipinski definition) is 1. The number of carbonyl (C=O) groups excluding carboxylic acids is 1. The lowest BCUT2D eigenvalue weighted by molar-refractivity contribution is -0.400. The third-order valence-electron chi connectivity index (χ3n) is 4.24. The molecule has 0 fully saturated rings. The summed E-state index contributed by atoms with van der Waals surface area (Å²) in [5, 5.41) is 14.9. The first-order valence-electron chi connectivity index (χ1n) is 8.67. The highest BCUT2D eigenvalue weighted by atomic mass is 16.6. The summed E-state index contributed by atoms with van der Waals surface area (Å²) in [5.41, 5.74) is 1.58. The molecule has 0 aliphatic carbocycles. The van der Waals surface area contributed by atoms with Gasteiger partial charge < -0.3 is 14.6 Å². The van der Waals surface area contributed by atoms with Gasteiger partial charge in [0.05, 0.1) is 5.56 Å². The summed E-state index contributed by atoms with van der Waals surface area (Å²) in [6, 6.07) is 14.1. The highest BCUT2D eigenvalue weighted by Gasteiger charge is 2.27. The maximum absolute atomic E-state index is 12.6. The number of amides is 1. The number of hydrogen-bond acceptors (Lipinski definition) is 5. The molecule has 7 nitrogen and oxygen atoms in total. The van der Waals surface area contributed by atoms with Crippen LogP contribution in [0.2, 0.25) is 0 Å². The van der Waals surface area contributed by atoms with Crippen molar-refractivity contribution < 1.29 is 14.1 Å². The van der Waals surface area contributed by atoms with E-state index in [0.717, 1.165) is 13.0 Å². The van der Waals surface area contributed by atoms with Gasteiger partial charge in [-0.1, -0.05) is 42.5 Å². The van der Waals surface area contributed by atoms with Crippen LogP contribution in [0.15, 0.2) is 52.9 Å². The van der Waals surface area contributed by atoms with E-state index in [9.17, 15) is 14.9 Å². The molecule has 0 bridgehead atoms. The van der Waals surface area contributed by atoms with Gasteiger partial charge in [-0.3, -0.25) is 14.9 Å². The monoisotopic (exact) mass is 367 g/mol. The van der Waals surface area contributed by atoms with Crippen LogP contribution < -0.4 is 5.32 Å². The number of para-hydroxylation sites is 1. The SMILES string of the molecule is CN(C)CCCNC(=O)c1cccc2c(-c3ccccc3)c([N+](=O)[O-])oc12. The largest absolute Gasteiger partial charge is 0.442 e. The molecule has 0 radical (unpaired) electrons. The first-order valence-corrected chi connectivity index (χ1v) is 8.67. The summed E-state index contributed by atoms with van der Waals surface area (Å²) >= 11 is 0. The number of benzene rings is 2. The van der Waals surface area contributed by atoms with Crippen molar-refractivity contribution in [3.8, 4) is 11.1 Å². The Bertz CT molecular complexity index is 964. The first kappa shape index (κ1) is 18.6. The molecule has 3 aromatic rings. The van der Waals surface area contributed by atoms with Gasteiger partial charge in [0, 0.05) is 11.9 Å². The van der Waals surface area contributed by atoms with E-state index in [2.05, 4.69) is 5.32 Å². The fourth-order valence-corrected chi connectivity index (χ4v) is 2.99. The van der Waals surface area contributed by atoms with Gasteiger partial charge in [0.15, 0.2) is 5.58 Å². The van der Waals surface area contributed by atoms with E-state index >= 15 is 0 Å². The minimum atomic E-state index is -0.554. The van der Waals surface area contributed by atoms with E-state index < -0.39 is 4.92 Å². The molecule has 0 aliphatic heterocycles. The van der Waals surface area contributed by atoms with Crippen molar-refractivity contribution in [2.75, 3.05) is 27.2 Å². The minimum Gasteiger partial charge on any atom is -0.399 e. The first-order chi connectivity index (χ1) is 13.0. The lowest BCUT2D eigenvalue weighted by atomic mass is 10.0. The topological polar surface area (TPSA) is 88.6 Å². The van der Waals surface area contributed by atoms with E-state index in [4.69, 9.17) is 4.42 Å². The Morgan fingerprint density at radius 1 is 1.15 bits per heavy atom. The molecule has 0 spiro atoms. The molecule has 1 heterocycles. The van der Waals surface area contributed by atoms with E-state index in [1.165, 1.54) is 0 Å². The van der Waals surface area contributed by atoms with Crippen LogP contribution >= 0.6 is 0 Å². The molecule has 1 amide bonds. The molecule has 2 aromatic carbocycles. The average molecular weight is 367 g/mol. The Morgan fingerprint density at radius 2 is 1.89 bits per heavy atom. The third-order valence-corrected chi connectivity index (χ3v) is 4.24. The lowest BCUT2D eigenvalue weighted by Gasteiger charge is -2.10. The van der Waals surface area contributed by atoms with Gasteiger partial charge in [-0.2, -0.15) is 0 Å². The van der Waals surface area contributed by atoms with Gasteiger partial charge in [-0.05, 0) is 38.7 Å². The van der Waals surface area contributed by atoms with Gasteiger partial charge >= 0.3 is 5.88 Å². The third kappa shape index (κ3) is 3.98. The Kier molecular flexibility index (Phi) is 5.52. The van der Waals surface area contributed by atoms with Gasteiger partial charge in [-0.15, -0.1) is 0 Å². The normalized spacial score (nSPS) is 11.1. The molecule has 140 valence electrons. The minimum absolute atomic E-state index is 0.230. The van der Waals surface area contributed by atoms with Gasteiger partial charge in [-0.25, -0.2) is 0 Å². The number of rotatable bonds is 7. The smallest absolute Gasteiger partial charge is 0.399 e. The molecule has 0 atom stereocenters. The summed E-state index contributed by atoms with van der Waals surface area (Å²) in [6.07, 6.45) is 0.808. The van der Waals surface area contributed by atoms with E-state index in [1.54, 1.807) is 42.5 Å². The average Bonchev–Trinajstić information content (AvgIpc) is 3.05. The predicted octanol–water partition coefficient (Wildman–Crippen LogP) is 3.69. The van der Waals surface area contributed by atoms with Crippen LogP contribution in [0.25, 0.3) is 22.1 Å². The lowest BCUT2D eigenvalue weighted by Crippen LogP contribution is -2.27. The number of nitrogens with zero attached hydrogens (tertiary/aromatic N) is 2. The Hall–Kier alpha value is -3.19. The molecular weight excluding hydrogens is 346 g/mol. The summed E-state index contributed by atoms with van der Waals surface area (Å²) < 4.78 is 5.54. The second-order valence-corrected chi connectivity index (χ2v) is 6.50. The molecule has 7 heteroatoms. The van der Waals surface area contributed by atoms with Crippen LogP contribution in [0.1, 0.15) is 16.8 Å². The van der Waals surface area contributed by atoms with Crippen LogP contribution in [-0.4, -0.2) is 42.9 Å². The summed E-state index contributed by atoms with van der Waals surface area (Å²) in [6.45, 7) is 1.37.